The van der Waals surface area contributed by atoms with Crippen molar-refractivity contribution in [2.45, 2.75) is 97.4 Å². The number of amides is 1. The number of benzene rings is 1. The molecule has 0 aromatic heterocycles. The summed E-state index contributed by atoms with van der Waals surface area (Å²) in [6, 6.07) is 5.03. The Balaban J connectivity index is 1.61. The molecule has 0 saturated heterocycles. The minimum absolute atomic E-state index is 0.0738. The Labute approximate surface area is 294 Å². The monoisotopic (exact) mass is 689 g/mol. The molecule has 1 amide bonds. The van der Waals surface area contributed by atoms with Gasteiger partial charge in [-0.05, 0) is 80.4 Å². The van der Waals surface area contributed by atoms with Gasteiger partial charge >= 0.3 is 0 Å². The maximum absolute atomic E-state index is 12.0. The highest BCUT2D eigenvalue weighted by atomic mass is 32.2. The molecule has 9 heteroatoms. The Morgan fingerprint density at radius 2 is 1.82 bits per heavy atom. The fourth-order valence-corrected chi connectivity index (χ4v) is 7.10. The SMILES string of the molecule is CCNC(=O)CCCCCN1/C(=C/C=C/C=C/C2=C3C=CC(N(CC)CC)C=C3OC(C(C)(C)C)=C2)C(C)(C)c2cc(S(=O)(=O)O)ccc21. The van der Waals surface area contributed by atoms with Crippen molar-refractivity contribution in [1.29, 1.82) is 0 Å². The van der Waals surface area contributed by atoms with Gasteiger partial charge in [0.25, 0.3) is 10.1 Å². The second-order valence-corrected chi connectivity index (χ2v) is 15.7. The molecular weight excluding hydrogens is 635 g/mol. The quantitative estimate of drug-likeness (QED) is 0.116. The zero-order chi connectivity index (χ0) is 36.0. The molecule has 0 bridgehead atoms. The predicted molar refractivity (Wildman–Crippen MR) is 200 cm³/mol. The van der Waals surface area contributed by atoms with E-state index in [-0.39, 0.29) is 22.3 Å². The number of allylic oxidation sites excluding steroid dienone is 10. The van der Waals surface area contributed by atoms with Crippen LogP contribution in [0.25, 0.3) is 0 Å². The van der Waals surface area contributed by atoms with Crippen LogP contribution in [-0.4, -0.2) is 56.0 Å². The van der Waals surface area contributed by atoms with Gasteiger partial charge in [0.15, 0.2) is 0 Å². The molecular formula is C40H55N3O5S. The molecule has 4 rings (SSSR count). The second kappa shape index (κ2) is 15.9. The lowest BCUT2D eigenvalue weighted by Gasteiger charge is -2.33. The molecule has 1 aliphatic carbocycles. The first-order chi connectivity index (χ1) is 23.1. The first-order valence-corrected chi connectivity index (χ1v) is 19.1. The molecule has 8 nitrogen and oxygen atoms in total. The number of ether oxygens (including phenoxy) is 1. The molecule has 49 heavy (non-hydrogen) atoms. The lowest BCUT2D eigenvalue weighted by Crippen LogP contribution is -2.34. The lowest BCUT2D eigenvalue weighted by atomic mass is 9.83. The van der Waals surface area contributed by atoms with E-state index in [2.05, 4.69) is 100 Å². The zero-order valence-electron chi connectivity index (χ0n) is 30.5. The number of hydrogen-bond donors (Lipinski definition) is 2. The number of nitrogens with one attached hydrogen (secondary N) is 1. The Kier molecular flexibility index (Phi) is 12.4. The van der Waals surface area contributed by atoms with Crippen molar-refractivity contribution in [1.82, 2.24) is 10.2 Å². The van der Waals surface area contributed by atoms with E-state index >= 15 is 0 Å². The molecule has 1 aromatic rings. The standard InChI is InChI=1S/C40H55N3O5S/c1-9-41-38(44)20-16-13-17-25-43-34-24-22-31(49(45,46)47)28-33(34)40(7,8)36(43)19-15-12-14-18-29-26-37(39(4,5)6)48-35-27-30(21-23-32(29)35)42(10-2)11-3/h12,14-15,18-19,21-24,26-28,30H,9-11,13,16-17,20,25H2,1-8H3,(H,41,44)(H,45,46,47)/b15-12+,18-14+,36-19+. The number of unbranched alkanes of at least 4 members (excludes halogenated alkanes) is 2. The van der Waals surface area contributed by atoms with Crippen LogP contribution >= 0.6 is 0 Å². The Morgan fingerprint density at radius 3 is 2.47 bits per heavy atom. The summed E-state index contributed by atoms with van der Waals surface area (Å²) < 4.78 is 40.3. The van der Waals surface area contributed by atoms with Crippen LogP contribution in [0.3, 0.4) is 0 Å². The van der Waals surface area contributed by atoms with E-state index in [1.54, 1.807) is 12.1 Å². The summed E-state index contributed by atoms with van der Waals surface area (Å²) in [7, 11) is -4.34. The summed E-state index contributed by atoms with van der Waals surface area (Å²) in [4.78, 5) is 16.4. The van der Waals surface area contributed by atoms with Gasteiger partial charge in [-0.1, -0.05) is 91.3 Å². The van der Waals surface area contributed by atoms with Gasteiger partial charge in [-0.3, -0.25) is 14.2 Å². The van der Waals surface area contributed by atoms with E-state index in [9.17, 15) is 17.8 Å². The van der Waals surface area contributed by atoms with E-state index in [0.29, 0.717) is 13.0 Å². The maximum atomic E-state index is 12.0. The lowest BCUT2D eigenvalue weighted by molar-refractivity contribution is -0.121. The summed E-state index contributed by atoms with van der Waals surface area (Å²) in [6.45, 7) is 20.2. The third-order valence-electron chi connectivity index (χ3n) is 9.41. The molecule has 0 radical (unpaired) electrons. The number of carbonyl (C=O) groups excluding carboxylic acids is 1. The Bertz CT molecular complexity index is 1710. The van der Waals surface area contributed by atoms with Crippen molar-refractivity contribution < 1.29 is 22.5 Å². The normalized spacial score (nSPS) is 19.8. The minimum atomic E-state index is -4.34. The fraction of sp³-hybridized carbons (Fsp3) is 0.475. The molecule has 2 heterocycles. The molecule has 0 saturated carbocycles. The van der Waals surface area contributed by atoms with Crippen LogP contribution in [-0.2, 0) is 25.1 Å². The topological polar surface area (TPSA) is 99.2 Å². The highest BCUT2D eigenvalue weighted by Gasteiger charge is 2.40. The first-order valence-electron chi connectivity index (χ1n) is 17.6. The van der Waals surface area contributed by atoms with Gasteiger partial charge in [0.2, 0.25) is 5.91 Å². The van der Waals surface area contributed by atoms with Gasteiger partial charge in [-0.15, -0.1) is 0 Å². The molecule has 266 valence electrons. The number of rotatable bonds is 14. The van der Waals surface area contributed by atoms with Crippen LogP contribution in [0.5, 0.6) is 0 Å². The van der Waals surface area contributed by atoms with E-state index in [1.165, 1.54) is 6.07 Å². The molecule has 3 aliphatic rings. The second-order valence-electron chi connectivity index (χ2n) is 14.3. The molecule has 2 N–H and O–H groups in total. The highest BCUT2D eigenvalue weighted by molar-refractivity contribution is 7.85. The number of nitrogens with zero attached hydrogens (tertiary/aromatic N) is 2. The van der Waals surface area contributed by atoms with Crippen molar-refractivity contribution in [3.8, 4) is 0 Å². The highest BCUT2D eigenvalue weighted by Crippen LogP contribution is 2.48. The molecule has 1 unspecified atom stereocenters. The average molecular weight is 690 g/mol. The smallest absolute Gasteiger partial charge is 0.294 e. The largest absolute Gasteiger partial charge is 0.461 e. The summed E-state index contributed by atoms with van der Waals surface area (Å²) in [6.07, 6.45) is 22.1. The summed E-state index contributed by atoms with van der Waals surface area (Å²) in [5.74, 6) is 1.90. The molecule has 1 atom stereocenters. The summed E-state index contributed by atoms with van der Waals surface area (Å²) >= 11 is 0. The van der Waals surface area contributed by atoms with Crippen molar-refractivity contribution in [2.24, 2.45) is 5.41 Å². The Morgan fingerprint density at radius 1 is 1.08 bits per heavy atom. The summed E-state index contributed by atoms with van der Waals surface area (Å²) in [5, 5.41) is 2.85. The predicted octanol–water partition coefficient (Wildman–Crippen LogP) is 8.14. The van der Waals surface area contributed by atoms with Crippen molar-refractivity contribution >= 4 is 21.7 Å². The minimum Gasteiger partial charge on any atom is -0.461 e. The van der Waals surface area contributed by atoms with Gasteiger partial charge in [-0.25, -0.2) is 0 Å². The summed E-state index contributed by atoms with van der Waals surface area (Å²) in [5.41, 5.74) is 4.32. The van der Waals surface area contributed by atoms with Crippen LogP contribution in [0.1, 0.15) is 86.6 Å². The van der Waals surface area contributed by atoms with Gasteiger partial charge in [0.1, 0.15) is 11.5 Å². The zero-order valence-corrected chi connectivity index (χ0v) is 31.4. The van der Waals surface area contributed by atoms with Crippen LogP contribution in [0.2, 0.25) is 0 Å². The van der Waals surface area contributed by atoms with Crippen molar-refractivity contribution in [2.75, 3.05) is 31.1 Å². The van der Waals surface area contributed by atoms with Crippen LogP contribution in [0.15, 0.2) is 106 Å². The van der Waals surface area contributed by atoms with Gasteiger partial charge in [0.05, 0.1) is 10.9 Å². The Hall–Kier alpha value is -3.66. The third-order valence-corrected chi connectivity index (χ3v) is 10.3. The average Bonchev–Trinajstić information content (AvgIpc) is 3.25. The number of hydrogen-bond acceptors (Lipinski definition) is 6. The van der Waals surface area contributed by atoms with Crippen molar-refractivity contribution in [3.63, 3.8) is 0 Å². The molecule has 2 aliphatic heterocycles. The van der Waals surface area contributed by atoms with Crippen LogP contribution in [0, 0.1) is 5.41 Å². The van der Waals surface area contributed by atoms with Crippen LogP contribution in [0.4, 0.5) is 5.69 Å². The number of carbonyl (C=O) groups is 1. The maximum Gasteiger partial charge on any atom is 0.294 e. The van der Waals surface area contributed by atoms with Crippen LogP contribution < -0.4 is 10.2 Å². The van der Waals surface area contributed by atoms with E-state index in [1.807, 2.05) is 25.2 Å². The fourth-order valence-electron chi connectivity index (χ4n) is 6.60. The van der Waals surface area contributed by atoms with E-state index < -0.39 is 15.5 Å². The molecule has 0 spiro atoms. The molecule has 1 aromatic carbocycles. The van der Waals surface area contributed by atoms with Gasteiger partial charge in [-0.2, -0.15) is 8.42 Å². The number of likely N-dealkylation sites (N-methyl/N-ethyl adjacent to an activating group) is 1. The van der Waals surface area contributed by atoms with E-state index in [0.717, 1.165) is 78.5 Å². The third kappa shape index (κ3) is 9.12. The first kappa shape index (κ1) is 38.1. The van der Waals surface area contributed by atoms with E-state index in [4.69, 9.17) is 4.74 Å². The van der Waals surface area contributed by atoms with Gasteiger partial charge < -0.3 is 15.0 Å². The number of fused-ring (bicyclic) bond motifs is 2. The molecule has 0 fully saturated rings. The van der Waals surface area contributed by atoms with Gasteiger partial charge in [0, 0.05) is 47.3 Å². The van der Waals surface area contributed by atoms with Crippen molar-refractivity contribution in [3.05, 3.63) is 107 Å². The number of anilines is 1.